The Morgan fingerprint density at radius 3 is 2.79 bits per heavy atom. The molecule has 0 aromatic heterocycles. The Morgan fingerprint density at radius 1 is 1.32 bits per heavy atom. The molecule has 1 aliphatic carbocycles. The van der Waals surface area contributed by atoms with E-state index in [0.29, 0.717) is 17.1 Å². The molecule has 1 heterocycles. The van der Waals surface area contributed by atoms with Gasteiger partial charge in [0.2, 0.25) is 0 Å². The fourth-order valence-electron chi connectivity index (χ4n) is 3.71. The third-order valence-electron chi connectivity index (χ3n) is 5.30. The zero-order valence-electron chi connectivity index (χ0n) is 15.5. The summed E-state index contributed by atoms with van der Waals surface area (Å²) in [6, 6.07) is 6.04. The summed E-state index contributed by atoms with van der Waals surface area (Å²) in [5.74, 6) is -1.81. The zero-order valence-corrected chi connectivity index (χ0v) is 16.3. The van der Waals surface area contributed by atoms with Crippen molar-refractivity contribution in [2.24, 2.45) is 5.92 Å². The average Bonchev–Trinajstić information content (AvgIpc) is 2.89. The fraction of sp³-hybridized carbons (Fsp3) is 0.474. The van der Waals surface area contributed by atoms with Crippen LogP contribution in [0.25, 0.3) is 0 Å². The molecule has 9 heteroatoms. The van der Waals surface area contributed by atoms with Gasteiger partial charge in [-0.3, -0.25) is 19.3 Å². The number of halogens is 1. The number of anilines is 1. The third-order valence-corrected chi connectivity index (χ3v) is 5.63. The number of esters is 1. The molecule has 0 unspecified atom stereocenters. The number of para-hydroxylation sites is 1. The lowest BCUT2D eigenvalue weighted by molar-refractivity contribution is -0.150. The van der Waals surface area contributed by atoms with Crippen LogP contribution in [0.15, 0.2) is 24.3 Å². The van der Waals surface area contributed by atoms with Gasteiger partial charge in [-0.1, -0.05) is 43.5 Å². The monoisotopic (exact) mass is 407 g/mol. The highest BCUT2D eigenvalue weighted by Crippen LogP contribution is 2.38. The summed E-state index contributed by atoms with van der Waals surface area (Å²) in [4.78, 5) is 49.9. The van der Waals surface area contributed by atoms with Crippen LogP contribution in [0, 0.1) is 5.92 Å². The zero-order chi connectivity index (χ0) is 20.3. The molecule has 150 valence electrons. The largest absolute Gasteiger partial charge is 0.454 e. The summed E-state index contributed by atoms with van der Waals surface area (Å²) in [5, 5.41) is 5.64. The second kappa shape index (κ2) is 8.18. The normalized spacial score (nSPS) is 24.2. The molecular formula is C19H22ClN3O5. The lowest BCUT2D eigenvalue weighted by Gasteiger charge is -2.36. The number of nitrogens with one attached hydrogen (secondary N) is 2. The molecule has 2 N–H and O–H groups in total. The summed E-state index contributed by atoms with van der Waals surface area (Å²) in [7, 11) is 0. The number of imide groups is 1. The molecule has 0 radical (unpaired) electrons. The van der Waals surface area contributed by atoms with E-state index in [4.69, 9.17) is 16.3 Å². The van der Waals surface area contributed by atoms with Gasteiger partial charge in [0.1, 0.15) is 12.1 Å². The van der Waals surface area contributed by atoms with Crippen molar-refractivity contribution in [2.75, 3.05) is 18.5 Å². The van der Waals surface area contributed by atoms with Crippen LogP contribution in [0.2, 0.25) is 5.02 Å². The molecule has 2 atom stereocenters. The van der Waals surface area contributed by atoms with Crippen LogP contribution >= 0.6 is 11.6 Å². The number of ether oxygens (including phenoxy) is 1. The van der Waals surface area contributed by atoms with Crippen molar-refractivity contribution >= 4 is 41.1 Å². The predicted molar refractivity (Wildman–Crippen MR) is 102 cm³/mol. The van der Waals surface area contributed by atoms with Crippen LogP contribution < -0.4 is 10.6 Å². The maximum Gasteiger partial charge on any atom is 0.326 e. The minimum Gasteiger partial charge on any atom is -0.454 e. The number of hydrogen-bond donors (Lipinski definition) is 2. The van der Waals surface area contributed by atoms with Crippen LogP contribution in [0.3, 0.4) is 0 Å². The molecule has 1 saturated heterocycles. The van der Waals surface area contributed by atoms with Crippen molar-refractivity contribution in [3.63, 3.8) is 0 Å². The summed E-state index contributed by atoms with van der Waals surface area (Å²) in [6.07, 6.45) is 3.25. The molecule has 1 aromatic rings. The Hall–Kier alpha value is -2.61. The molecule has 1 aliphatic heterocycles. The summed E-state index contributed by atoms with van der Waals surface area (Å²) >= 11 is 5.95. The van der Waals surface area contributed by atoms with Crippen molar-refractivity contribution < 1.29 is 23.9 Å². The predicted octanol–water partition coefficient (Wildman–Crippen LogP) is 2.32. The number of rotatable bonds is 5. The molecular weight excluding hydrogens is 386 g/mol. The van der Waals surface area contributed by atoms with Crippen molar-refractivity contribution in [3.05, 3.63) is 29.3 Å². The Bertz CT molecular complexity index is 815. The maximum absolute atomic E-state index is 12.8. The van der Waals surface area contributed by atoms with Gasteiger partial charge in [-0.2, -0.15) is 0 Å². The Morgan fingerprint density at radius 2 is 2.07 bits per heavy atom. The molecule has 3 rings (SSSR count). The van der Waals surface area contributed by atoms with Crippen LogP contribution in [-0.4, -0.2) is 47.4 Å². The molecule has 2 aliphatic rings. The maximum atomic E-state index is 12.8. The van der Waals surface area contributed by atoms with Gasteiger partial charge in [-0.15, -0.1) is 0 Å². The van der Waals surface area contributed by atoms with E-state index in [1.807, 2.05) is 6.92 Å². The van der Waals surface area contributed by atoms with E-state index in [2.05, 4.69) is 10.6 Å². The lowest BCUT2D eigenvalue weighted by Crippen LogP contribution is -2.54. The first-order valence-electron chi connectivity index (χ1n) is 9.17. The number of nitrogens with zero attached hydrogens (tertiary/aromatic N) is 1. The number of carbonyl (C=O) groups excluding carboxylic acids is 4. The minimum atomic E-state index is -0.933. The van der Waals surface area contributed by atoms with Gasteiger partial charge in [-0.05, 0) is 30.9 Å². The summed E-state index contributed by atoms with van der Waals surface area (Å²) in [5.41, 5.74) is -0.538. The van der Waals surface area contributed by atoms with E-state index in [1.165, 1.54) is 0 Å². The van der Waals surface area contributed by atoms with Crippen molar-refractivity contribution in [1.82, 2.24) is 10.2 Å². The quantitative estimate of drug-likeness (QED) is 0.575. The highest BCUT2D eigenvalue weighted by Gasteiger charge is 2.55. The van der Waals surface area contributed by atoms with Gasteiger partial charge in [-0.25, -0.2) is 4.79 Å². The Kier molecular flexibility index (Phi) is 5.88. The second-order valence-electron chi connectivity index (χ2n) is 7.13. The first-order valence-corrected chi connectivity index (χ1v) is 9.55. The van der Waals surface area contributed by atoms with E-state index >= 15 is 0 Å². The lowest BCUT2D eigenvalue weighted by atomic mass is 9.73. The molecule has 1 aromatic carbocycles. The molecule has 1 spiro atoms. The highest BCUT2D eigenvalue weighted by atomic mass is 35.5. The Balaban J connectivity index is 1.53. The van der Waals surface area contributed by atoms with Crippen molar-refractivity contribution in [3.8, 4) is 0 Å². The molecule has 4 amide bonds. The topological polar surface area (TPSA) is 105 Å². The van der Waals surface area contributed by atoms with E-state index in [-0.39, 0.29) is 5.92 Å². The smallest absolute Gasteiger partial charge is 0.326 e. The van der Waals surface area contributed by atoms with E-state index in [1.54, 1.807) is 24.3 Å². The van der Waals surface area contributed by atoms with Gasteiger partial charge < -0.3 is 15.4 Å². The molecule has 2 fully saturated rings. The molecule has 0 bridgehead atoms. The number of hydrogen-bond acceptors (Lipinski definition) is 5. The standard InChI is InChI=1S/C19H22ClN3O5/c1-12-6-4-5-9-19(12)17(26)23(18(27)22-19)10-16(25)28-11-15(24)21-14-8-3-2-7-13(14)20/h2-3,7-8,12H,4-6,9-11H2,1H3,(H,21,24)(H,22,27)/t12-,19+/m0/s1. The van der Waals surface area contributed by atoms with Crippen LogP contribution in [0.5, 0.6) is 0 Å². The van der Waals surface area contributed by atoms with E-state index < -0.39 is 42.5 Å². The van der Waals surface area contributed by atoms with Gasteiger partial charge in [0.15, 0.2) is 6.61 Å². The Labute approximate surface area is 167 Å². The van der Waals surface area contributed by atoms with Crippen LogP contribution in [0.1, 0.15) is 32.6 Å². The SMILES string of the molecule is C[C@H]1CCCC[C@@]12NC(=O)N(CC(=O)OCC(=O)Nc1ccccc1Cl)C2=O. The van der Waals surface area contributed by atoms with Gasteiger partial charge in [0.05, 0.1) is 10.7 Å². The van der Waals surface area contributed by atoms with E-state index in [9.17, 15) is 19.2 Å². The molecule has 28 heavy (non-hydrogen) atoms. The highest BCUT2D eigenvalue weighted by molar-refractivity contribution is 6.33. The molecule has 1 saturated carbocycles. The van der Waals surface area contributed by atoms with Gasteiger partial charge in [0, 0.05) is 0 Å². The third kappa shape index (κ3) is 3.96. The first kappa shape index (κ1) is 20.1. The van der Waals surface area contributed by atoms with Gasteiger partial charge >= 0.3 is 12.0 Å². The second-order valence-corrected chi connectivity index (χ2v) is 7.54. The van der Waals surface area contributed by atoms with Crippen molar-refractivity contribution in [1.29, 1.82) is 0 Å². The summed E-state index contributed by atoms with van der Waals surface area (Å²) in [6.45, 7) is 0.853. The number of benzene rings is 1. The van der Waals surface area contributed by atoms with Crippen LogP contribution in [-0.2, 0) is 19.1 Å². The number of urea groups is 1. The average molecular weight is 408 g/mol. The van der Waals surface area contributed by atoms with Crippen LogP contribution in [0.4, 0.5) is 10.5 Å². The van der Waals surface area contributed by atoms with Gasteiger partial charge in [0.25, 0.3) is 11.8 Å². The summed E-state index contributed by atoms with van der Waals surface area (Å²) < 4.78 is 4.91. The van der Waals surface area contributed by atoms with E-state index in [0.717, 1.165) is 24.2 Å². The van der Waals surface area contributed by atoms with Crippen molar-refractivity contribution in [2.45, 2.75) is 38.1 Å². The number of carbonyl (C=O) groups is 4. The minimum absolute atomic E-state index is 0.000110. The number of amides is 4. The fourth-order valence-corrected chi connectivity index (χ4v) is 3.89. The molecule has 8 nitrogen and oxygen atoms in total. The first-order chi connectivity index (χ1) is 13.3.